The standard InChI is InChI=1S/C14H18BrNO/c1-10-6-7-16-11(8-10)9-14(17)12-4-2-3-5-13(12)15/h2-5,10-11,16H,6-9H2,1H3. The highest BCUT2D eigenvalue weighted by molar-refractivity contribution is 9.10. The Morgan fingerprint density at radius 2 is 2.24 bits per heavy atom. The summed E-state index contributed by atoms with van der Waals surface area (Å²) in [4.78, 5) is 12.2. The molecule has 1 saturated heterocycles. The van der Waals surface area contributed by atoms with Crippen molar-refractivity contribution in [3.8, 4) is 0 Å². The Labute approximate surface area is 111 Å². The van der Waals surface area contributed by atoms with Crippen molar-refractivity contribution >= 4 is 21.7 Å². The summed E-state index contributed by atoms with van der Waals surface area (Å²) >= 11 is 3.43. The maximum absolute atomic E-state index is 12.2. The van der Waals surface area contributed by atoms with Crippen molar-refractivity contribution in [2.45, 2.75) is 32.2 Å². The number of hydrogen-bond donors (Lipinski definition) is 1. The van der Waals surface area contributed by atoms with Gasteiger partial charge in [-0.15, -0.1) is 0 Å². The molecule has 1 N–H and O–H groups in total. The summed E-state index contributed by atoms with van der Waals surface area (Å²) in [5.41, 5.74) is 0.799. The number of rotatable bonds is 3. The number of carbonyl (C=O) groups excluding carboxylic acids is 1. The Hall–Kier alpha value is -0.670. The Kier molecular flexibility index (Phi) is 4.35. The van der Waals surface area contributed by atoms with E-state index in [1.807, 2.05) is 24.3 Å². The summed E-state index contributed by atoms with van der Waals surface area (Å²) in [5.74, 6) is 0.956. The average Bonchev–Trinajstić information content (AvgIpc) is 2.29. The quantitative estimate of drug-likeness (QED) is 0.866. The fourth-order valence-corrected chi connectivity index (χ4v) is 2.90. The highest BCUT2D eigenvalue weighted by atomic mass is 79.9. The Morgan fingerprint density at radius 1 is 1.47 bits per heavy atom. The van der Waals surface area contributed by atoms with Gasteiger partial charge in [0.15, 0.2) is 5.78 Å². The van der Waals surface area contributed by atoms with Crippen LogP contribution in [0.15, 0.2) is 28.7 Å². The predicted octanol–water partition coefficient (Wildman–Crippen LogP) is 3.41. The van der Waals surface area contributed by atoms with E-state index >= 15 is 0 Å². The van der Waals surface area contributed by atoms with Gasteiger partial charge in [-0.25, -0.2) is 0 Å². The molecule has 2 nitrogen and oxygen atoms in total. The summed E-state index contributed by atoms with van der Waals surface area (Å²) < 4.78 is 0.897. The fourth-order valence-electron chi connectivity index (χ4n) is 2.40. The second-order valence-corrected chi connectivity index (χ2v) is 5.74. The van der Waals surface area contributed by atoms with E-state index < -0.39 is 0 Å². The molecule has 2 unspecified atom stereocenters. The first-order valence-corrected chi connectivity index (χ1v) is 6.97. The third-order valence-electron chi connectivity index (χ3n) is 3.36. The molecular formula is C14H18BrNO. The van der Waals surface area contributed by atoms with Crippen LogP contribution >= 0.6 is 15.9 Å². The molecule has 1 aromatic carbocycles. The van der Waals surface area contributed by atoms with Gasteiger partial charge in [-0.05, 0) is 31.4 Å². The van der Waals surface area contributed by atoms with Gasteiger partial charge in [-0.1, -0.05) is 41.1 Å². The third-order valence-corrected chi connectivity index (χ3v) is 4.05. The van der Waals surface area contributed by atoms with Gasteiger partial charge in [0.1, 0.15) is 0 Å². The van der Waals surface area contributed by atoms with Crippen molar-refractivity contribution in [3.05, 3.63) is 34.3 Å². The van der Waals surface area contributed by atoms with Crippen LogP contribution in [0.4, 0.5) is 0 Å². The van der Waals surface area contributed by atoms with Gasteiger partial charge in [0.05, 0.1) is 0 Å². The van der Waals surface area contributed by atoms with Crippen LogP contribution in [-0.2, 0) is 0 Å². The minimum absolute atomic E-state index is 0.226. The minimum Gasteiger partial charge on any atom is -0.314 e. The van der Waals surface area contributed by atoms with Crippen LogP contribution in [0, 0.1) is 5.92 Å². The van der Waals surface area contributed by atoms with Gasteiger partial charge in [-0.3, -0.25) is 4.79 Å². The van der Waals surface area contributed by atoms with E-state index in [4.69, 9.17) is 0 Å². The lowest BCUT2D eigenvalue weighted by molar-refractivity contribution is 0.0958. The fraction of sp³-hybridized carbons (Fsp3) is 0.500. The maximum Gasteiger partial charge on any atom is 0.165 e. The molecule has 1 fully saturated rings. The molecule has 0 aliphatic carbocycles. The van der Waals surface area contributed by atoms with E-state index in [0.29, 0.717) is 12.5 Å². The predicted molar refractivity (Wildman–Crippen MR) is 73.3 cm³/mol. The normalized spacial score (nSPS) is 24.6. The van der Waals surface area contributed by atoms with Crippen molar-refractivity contribution in [2.24, 2.45) is 5.92 Å². The molecule has 1 aliphatic heterocycles. The molecule has 2 atom stereocenters. The van der Waals surface area contributed by atoms with Crippen LogP contribution in [0.25, 0.3) is 0 Å². The van der Waals surface area contributed by atoms with Gasteiger partial charge in [0.25, 0.3) is 0 Å². The van der Waals surface area contributed by atoms with Gasteiger partial charge in [0.2, 0.25) is 0 Å². The summed E-state index contributed by atoms with van der Waals surface area (Å²) in [6.45, 7) is 3.30. The summed E-state index contributed by atoms with van der Waals surface area (Å²) in [6.07, 6.45) is 2.93. The molecule has 0 aromatic heterocycles. The van der Waals surface area contributed by atoms with Crippen LogP contribution < -0.4 is 5.32 Å². The maximum atomic E-state index is 12.2. The largest absolute Gasteiger partial charge is 0.314 e. The van der Waals surface area contributed by atoms with E-state index in [2.05, 4.69) is 28.2 Å². The molecule has 0 saturated carbocycles. The molecular weight excluding hydrogens is 278 g/mol. The first-order valence-electron chi connectivity index (χ1n) is 6.18. The van der Waals surface area contributed by atoms with E-state index in [0.717, 1.165) is 28.9 Å². The number of ketones is 1. The summed E-state index contributed by atoms with van der Waals surface area (Å²) in [6, 6.07) is 8.00. The first kappa shape index (κ1) is 12.8. The van der Waals surface area contributed by atoms with Crippen LogP contribution in [0.1, 0.15) is 36.5 Å². The number of Topliss-reactive ketones (excluding diaryl/α,β-unsaturated/α-hetero) is 1. The highest BCUT2D eigenvalue weighted by Gasteiger charge is 2.21. The zero-order chi connectivity index (χ0) is 12.3. The summed E-state index contributed by atoms with van der Waals surface area (Å²) in [7, 11) is 0. The Bertz CT molecular complexity index is 405. The smallest absolute Gasteiger partial charge is 0.165 e. The number of benzene rings is 1. The molecule has 1 heterocycles. The second-order valence-electron chi connectivity index (χ2n) is 4.89. The number of carbonyl (C=O) groups is 1. The van der Waals surface area contributed by atoms with Crippen LogP contribution in [-0.4, -0.2) is 18.4 Å². The van der Waals surface area contributed by atoms with Crippen molar-refractivity contribution in [1.82, 2.24) is 5.32 Å². The molecule has 92 valence electrons. The van der Waals surface area contributed by atoms with E-state index in [1.54, 1.807) is 0 Å². The van der Waals surface area contributed by atoms with Crippen LogP contribution in [0.5, 0.6) is 0 Å². The topological polar surface area (TPSA) is 29.1 Å². The molecule has 1 aromatic rings. The molecule has 0 amide bonds. The molecule has 0 bridgehead atoms. The summed E-state index contributed by atoms with van der Waals surface area (Å²) in [5, 5.41) is 3.43. The first-order chi connectivity index (χ1) is 8.16. The number of nitrogens with one attached hydrogen (secondary N) is 1. The van der Waals surface area contributed by atoms with Crippen LogP contribution in [0.2, 0.25) is 0 Å². The zero-order valence-corrected chi connectivity index (χ0v) is 11.7. The number of hydrogen-bond acceptors (Lipinski definition) is 2. The van der Waals surface area contributed by atoms with Gasteiger partial charge in [0, 0.05) is 22.5 Å². The molecule has 0 radical (unpaired) electrons. The van der Waals surface area contributed by atoms with Crippen molar-refractivity contribution in [1.29, 1.82) is 0 Å². The molecule has 1 aliphatic rings. The average molecular weight is 296 g/mol. The van der Waals surface area contributed by atoms with Crippen molar-refractivity contribution < 1.29 is 4.79 Å². The van der Waals surface area contributed by atoms with Gasteiger partial charge >= 0.3 is 0 Å². The lowest BCUT2D eigenvalue weighted by Crippen LogP contribution is -2.38. The third kappa shape index (κ3) is 3.39. The lowest BCUT2D eigenvalue weighted by atomic mass is 9.90. The number of piperidine rings is 1. The highest BCUT2D eigenvalue weighted by Crippen LogP contribution is 2.22. The lowest BCUT2D eigenvalue weighted by Gasteiger charge is -2.27. The molecule has 2 rings (SSSR count). The monoisotopic (exact) mass is 295 g/mol. The molecule has 17 heavy (non-hydrogen) atoms. The molecule has 0 spiro atoms. The van der Waals surface area contributed by atoms with Crippen molar-refractivity contribution in [2.75, 3.05) is 6.54 Å². The van der Waals surface area contributed by atoms with Gasteiger partial charge < -0.3 is 5.32 Å². The minimum atomic E-state index is 0.226. The zero-order valence-electron chi connectivity index (χ0n) is 10.1. The second kappa shape index (κ2) is 5.78. The van der Waals surface area contributed by atoms with E-state index in [1.165, 1.54) is 6.42 Å². The van der Waals surface area contributed by atoms with E-state index in [9.17, 15) is 4.79 Å². The Morgan fingerprint density at radius 3 is 2.94 bits per heavy atom. The number of halogens is 1. The molecule has 3 heteroatoms. The van der Waals surface area contributed by atoms with Crippen molar-refractivity contribution in [3.63, 3.8) is 0 Å². The van der Waals surface area contributed by atoms with Crippen LogP contribution in [0.3, 0.4) is 0 Å². The van der Waals surface area contributed by atoms with E-state index in [-0.39, 0.29) is 5.78 Å². The SMILES string of the molecule is CC1CCNC(CC(=O)c2ccccc2Br)C1. The van der Waals surface area contributed by atoms with Gasteiger partial charge in [-0.2, -0.15) is 0 Å². The Balaban J connectivity index is 1.99.